The zero-order chi connectivity index (χ0) is 31.7. The first kappa shape index (κ1) is 29.1. The molecule has 3 fully saturated rings. The maximum absolute atomic E-state index is 17.0. The molecule has 4 atom stereocenters. The van der Waals surface area contributed by atoms with E-state index in [1.54, 1.807) is 0 Å². The molecule has 0 spiro atoms. The smallest absolute Gasteiger partial charge is 0.319 e. The van der Waals surface area contributed by atoms with Gasteiger partial charge in [-0.2, -0.15) is 9.97 Å². The van der Waals surface area contributed by atoms with E-state index in [4.69, 9.17) is 25.6 Å². The van der Waals surface area contributed by atoms with Crippen LogP contribution in [0.3, 0.4) is 0 Å². The molecule has 0 bridgehead atoms. The number of pyridine rings is 1. The molecule has 0 unspecified atom stereocenters. The van der Waals surface area contributed by atoms with Gasteiger partial charge in [0, 0.05) is 30.5 Å². The van der Waals surface area contributed by atoms with Gasteiger partial charge in [0.2, 0.25) is 5.88 Å². The summed E-state index contributed by atoms with van der Waals surface area (Å²) in [5.74, 6) is 1.19. The molecule has 0 amide bonds. The van der Waals surface area contributed by atoms with Crippen LogP contribution in [0.15, 0.2) is 24.3 Å². The van der Waals surface area contributed by atoms with Gasteiger partial charge in [-0.1, -0.05) is 12.0 Å². The molecule has 12 heteroatoms. The Hall–Kier alpha value is -4.34. The van der Waals surface area contributed by atoms with E-state index < -0.39 is 23.3 Å². The van der Waals surface area contributed by atoms with Crippen molar-refractivity contribution in [1.29, 1.82) is 0 Å². The average molecular weight is 632 g/mol. The molecule has 4 aliphatic heterocycles. The molecular formula is C34H32F3N5O4. The Labute approximate surface area is 263 Å². The number of benzene rings is 2. The predicted molar refractivity (Wildman–Crippen MR) is 165 cm³/mol. The van der Waals surface area contributed by atoms with Crippen LogP contribution in [0.5, 0.6) is 17.6 Å². The molecule has 6 heterocycles. The minimum absolute atomic E-state index is 0.0535. The lowest BCUT2D eigenvalue weighted by Gasteiger charge is -2.34. The Morgan fingerprint density at radius 1 is 1.17 bits per heavy atom. The number of hydrogen-bond acceptors (Lipinski definition) is 9. The number of aromatic hydroxyl groups is 1. The first-order valence-electron chi connectivity index (χ1n) is 15.6. The summed E-state index contributed by atoms with van der Waals surface area (Å²) in [6.07, 6.45) is 7.48. The van der Waals surface area contributed by atoms with E-state index in [-0.39, 0.29) is 76.0 Å². The van der Waals surface area contributed by atoms with E-state index >= 15 is 4.39 Å². The van der Waals surface area contributed by atoms with Crippen LogP contribution >= 0.6 is 0 Å². The van der Waals surface area contributed by atoms with Crippen molar-refractivity contribution in [3.8, 4) is 41.2 Å². The molecule has 0 saturated carbocycles. The average Bonchev–Trinajstić information content (AvgIpc) is 3.43. The summed E-state index contributed by atoms with van der Waals surface area (Å²) in [5, 5.41) is 11.5. The molecular weight excluding hydrogens is 599 g/mol. The number of terminal acetylenes is 1. The van der Waals surface area contributed by atoms with Crippen LogP contribution < -0.4 is 14.4 Å². The minimum Gasteiger partial charge on any atom is -0.508 e. The monoisotopic (exact) mass is 631 g/mol. The van der Waals surface area contributed by atoms with Crippen molar-refractivity contribution in [2.45, 2.75) is 56.4 Å². The van der Waals surface area contributed by atoms with E-state index in [1.165, 1.54) is 24.3 Å². The molecule has 238 valence electrons. The highest BCUT2D eigenvalue weighted by Gasteiger charge is 2.49. The van der Waals surface area contributed by atoms with Crippen LogP contribution in [0.2, 0.25) is 0 Å². The quantitative estimate of drug-likeness (QED) is 0.308. The van der Waals surface area contributed by atoms with E-state index in [1.807, 2.05) is 6.92 Å². The number of phenols is 1. The molecule has 9 nitrogen and oxygen atoms in total. The van der Waals surface area contributed by atoms with E-state index in [0.717, 1.165) is 19.4 Å². The minimum atomic E-state index is -0.939. The van der Waals surface area contributed by atoms with Crippen LogP contribution in [0, 0.1) is 24.0 Å². The highest BCUT2D eigenvalue weighted by Crippen LogP contribution is 2.45. The molecule has 0 radical (unpaired) electrons. The SMILES string of the molecule is C#Cc1c(F)ccc2cc(O)cc(-c3nc4c5c(nc(OC[C@@]67CCCN6C[C@H](F)C7)nc5c3F)N3[C@@H](CCOC[C@@H]3C)CO4)c12. The Kier molecular flexibility index (Phi) is 6.88. The summed E-state index contributed by atoms with van der Waals surface area (Å²) in [5.41, 5.74) is -0.789. The highest BCUT2D eigenvalue weighted by atomic mass is 19.1. The third-order valence-electron chi connectivity index (χ3n) is 9.87. The van der Waals surface area contributed by atoms with Gasteiger partial charge >= 0.3 is 6.01 Å². The second kappa shape index (κ2) is 10.9. The Morgan fingerprint density at radius 2 is 2.04 bits per heavy atom. The standard InChI is InChI=1S/C34H32F3N5O4/c1-3-23-25(36)6-5-19-11-22(43)12-24(26(19)23)29-28(37)30-27-31(42-18(2)15-44-10-7-21(42)16-45-32(27)38-29)40-33(39-30)46-17-34-8-4-9-41(34)14-20(35)13-34/h1,5-6,11-12,18,20-21,43H,4,7-10,13-17H2,2H3/t18-,20+,21-,34-/m0/s1. The third-order valence-corrected chi connectivity index (χ3v) is 9.87. The van der Waals surface area contributed by atoms with Gasteiger partial charge in [0.1, 0.15) is 53.4 Å². The summed E-state index contributed by atoms with van der Waals surface area (Å²) in [4.78, 5) is 18.2. The van der Waals surface area contributed by atoms with Gasteiger partial charge in [0.15, 0.2) is 5.82 Å². The first-order valence-corrected chi connectivity index (χ1v) is 15.6. The number of halogens is 3. The molecule has 46 heavy (non-hydrogen) atoms. The number of aromatic nitrogens is 3. The molecule has 3 saturated heterocycles. The second-order valence-electron chi connectivity index (χ2n) is 12.7. The van der Waals surface area contributed by atoms with Crippen LogP contribution in [0.4, 0.5) is 19.0 Å². The molecule has 2 aromatic heterocycles. The molecule has 4 aromatic rings. The van der Waals surface area contributed by atoms with Gasteiger partial charge in [-0.05, 0) is 56.3 Å². The van der Waals surface area contributed by atoms with E-state index in [2.05, 4.69) is 25.7 Å². The van der Waals surface area contributed by atoms with Gasteiger partial charge < -0.3 is 24.2 Å². The number of ether oxygens (including phenoxy) is 3. The van der Waals surface area contributed by atoms with Crippen LogP contribution in [-0.2, 0) is 4.74 Å². The zero-order valence-corrected chi connectivity index (χ0v) is 25.2. The van der Waals surface area contributed by atoms with Crippen molar-refractivity contribution in [2.75, 3.05) is 44.4 Å². The lowest BCUT2D eigenvalue weighted by Crippen LogP contribution is -2.45. The van der Waals surface area contributed by atoms with Crippen molar-refractivity contribution in [3.05, 3.63) is 41.5 Å². The van der Waals surface area contributed by atoms with Crippen molar-refractivity contribution in [2.24, 2.45) is 0 Å². The third kappa shape index (κ3) is 4.51. The molecule has 0 aliphatic carbocycles. The summed E-state index contributed by atoms with van der Waals surface area (Å²) in [6, 6.07) is 5.04. The molecule has 8 rings (SSSR count). The highest BCUT2D eigenvalue weighted by molar-refractivity contribution is 6.04. The number of phenolic OH excluding ortho intramolecular Hbond substituents is 1. The van der Waals surface area contributed by atoms with Gasteiger partial charge in [-0.3, -0.25) is 4.90 Å². The van der Waals surface area contributed by atoms with E-state index in [9.17, 15) is 13.9 Å². The van der Waals surface area contributed by atoms with Gasteiger partial charge in [-0.15, -0.1) is 6.42 Å². The summed E-state index contributed by atoms with van der Waals surface area (Å²) in [7, 11) is 0. The topological polar surface area (TPSA) is 93.1 Å². The van der Waals surface area contributed by atoms with Crippen molar-refractivity contribution in [1.82, 2.24) is 19.9 Å². The van der Waals surface area contributed by atoms with Gasteiger partial charge in [0.25, 0.3) is 0 Å². The number of anilines is 1. The van der Waals surface area contributed by atoms with Gasteiger partial charge in [-0.25, -0.2) is 18.2 Å². The van der Waals surface area contributed by atoms with Gasteiger partial charge in [0.05, 0.1) is 29.8 Å². The fraction of sp³-hybridized carbons (Fsp3) is 0.441. The predicted octanol–water partition coefficient (Wildman–Crippen LogP) is 5.14. The zero-order valence-electron chi connectivity index (χ0n) is 25.2. The van der Waals surface area contributed by atoms with Crippen molar-refractivity contribution in [3.63, 3.8) is 0 Å². The molecule has 1 N–H and O–H groups in total. The number of nitrogens with zero attached hydrogens (tertiary/aromatic N) is 5. The fourth-order valence-corrected chi connectivity index (χ4v) is 7.81. The first-order chi connectivity index (χ1) is 22.3. The summed E-state index contributed by atoms with van der Waals surface area (Å²) in [6.45, 7) is 4.47. The van der Waals surface area contributed by atoms with Crippen molar-refractivity contribution >= 4 is 27.5 Å². The van der Waals surface area contributed by atoms with Crippen LogP contribution in [-0.4, -0.2) is 88.3 Å². The maximum Gasteiger partial charge on any atom is 0.319 e. The maximum atomic E-state index is 17.0. The van der Waals surface area contributed by atoms with E-state index in [0.29, 0.717) is 43.8 Å². The number of fused-ring (bicyclic) bond motifs is 4. The molecule has 4 aliphatic rings. The van der Waals surface area contributed by atoms with Crippen LogP contribution in [0.1, 0.15) is 38.2 Å². The lowest BCUT2D eigenvalue weighted by atomic mass is 9.95. The number of rotatable bonds is 4. The largest absolute Gasteiger partial charge is 0.508 e. The van der Waals surface area contributed by atoms with Crippen LogP contribution in [0.25, 0.3) is 32.9 Å². The number of hydrogen-bond donors (Lipinski definition) is 1. The number of alkyl halides is 1. The lowest BCUT2D eigenvalue weighted by molar-refractivity contribution is 0.107. The Bertz CT molecular complexity index is 1940. The Morgan fingerprint density at radius 3 is 2.89 bits per heavy atom. The van der Waals surface area contributed by atoms with Crippen molar-refractivity contribution < 1.29 is 32.5 Å². The fourth-order valence-electron chi connectivity index (χ4n) is 7.81. The Balaban J connectivity index is 1.35. The summed E-state index contributed by atoms with van der Waals surface area (Å²) < 4.78 is 64.8. The summed E-state index contributed by atoms with van der Waals surface area (Å²) >= 11 is 0. The molecule has 2 aromatic carbocycles. The second-order valence-corrected chi connectivity index (χ2v) is 12.7. The normalized spacial score (nSPS) is 25.9.